The van der Waals surface area contributed by atoms with Crippen molar-refractivity contribution in [3.8, 4) is 0 Å². The second-order valence-electron chi connectivity index (χ2n) is 6.28. The molecule has 1 aliphatic heterocycles. The molecule has 0 aromatic carbocycles. The van der Waals surface area contributed by atoms with E-state index in [2.05, 4.69) is 17.6 Å². The van der Waals surface area contributed by atoms with E-state index in [1.54, 1.807) is 0 Å². The van der Waals surface area contributed by atoms with Crippen LogP contribution in [-0.4, -0.2) is 24.5 Å². The number of carbonyl (C=O) groups excluding carboxylic acids is 1. The summed E-state index contributed by atoms with van der Waals surface area (Å²) in [6.45, 7) is 3.21. The minimum atomic E-state index is 0.0797. The summed E-state index contributed by atoms with van der Waals surface area (Å²) in [5.74, 6) is 2.85. The minimum Gasteiger partial charge on any atom is -0.352 e. The van der Waals surface area contributed by atoms with E-state index in [1.807, 2.05) is 0 Å². The molecular weight excluding hydrogens is 212 g/mol. The number of nitrogens with one attached hydrogen (secondary N) is 2. The molecule has 0 aromatic rings. The average Bonchev–Trinajstić information content (AvgIpc) is 3.05. The predicted octanol–water partition coefficient (Wildman–Crippen LogP) is 1.68. The molecule has 96 valence electrons. The van der Waals surface area contributed by atoms with E-state index in [4.69, 9.17) is 0 Å². The summed E-state index contributed by atoms with van der Waals surface area (Å²) in [6, 6.07) is 0.455. The molecule has 3 aliphatic rings. The molecular formula is C14H24N2O. The molecule has 2 N–H and O–H groups in total. The Morgan fingerprint density at radius 2 is 2.18 bits per heavy atom. The third-order valence-corrected chi connectivity index (χ3v) is 5.18. The van der Waals surface area contributed by atoms with Crippen LogP contribution in [0.2, 0.25) is 0 Å². The molecule has 1 heterocycles. The first-order chi connectivity index (χ1) is 8.24. The van der Waals surface area contributed by atoms with Crippen molar-refractivity contribution < 1.29 is 4.79 Å². The van der Waals surface area contributed by atoms with E-state index in [9.17, 15) is 4.79 Å². The molecule has 3 rings (SSSR count). The fraction of sp³-hybridized carbons (Fsp3) is 0.929. The highest BCUT2D eigenvalue weighted by atomic mass is 16.2. The molecule has 2 bridgehead atoms. The lowest BCUT2D eigenvalue weighted by molar-refractivity contribution is -0.123. The normalized spacial score (nSPS) is 41.7. The third-order valence-electron chi connectivity index (χ3n) is 5.18. The molecule has 5 unspecified atom stereocenters. The fourth-order valence-corrected chi connectivity index (χ4v) is 4.25. The maximum Gasteiger partial charge on any atom is 0.237 e. The highest BCUT2D eigenvalue weighted by Crippen LogP contribution is 2.49. The van der Waals surface area contributed by atoms with Crippen LogP contribution in [0.1, 0.15) is 45.4 Å². The van der Waals surface area contributed by atoms with Gasteiger partial charge in [0.1, 0.15) is 0 Å². The van der Waals surface area contributed by atoms with Gasteiger partial charge in [-0.05, 0) is 63.3 Å². The summed E-state index contributed by atoms with van der Waals surface area (Å²) >= 11 is 0. The fourth-order valence-electron chi connectivity index (χ4n) is 4.25. The van der Waals surface area contributed by atoms with Gasteiger partial charge in [0, 0.05) is 6.04 Å². The molecule has 3 heteroatoms. The Morgan fingerprint density at radius 3 is 2.76 bits per heavy atom. The Hall–Kier alpha value is -0.570. The Balaban J connectivity index is 1.52. The Labute approximate surface area is 104 Å². The van der Waals surface area contributed by atoms with Crippen LogP contribution in [-0.2, 0) is 4.79 Å². The van der Waals surface area contributed by atoms with Crippen molar-refractivity contribution in [3.05, 3.63) is 0 Å². The third kappa shape index (κ3) is 2.22. The molecule has 5 atom stereocenters. The van der Waals surface area contributed by atoms with Crippen LogP contribution in [0.4, 0.5) is 0 Å². The Bertz CT molecular complexity index is 299. The van der Waals surface area contributed by atoms with Crippen LogP contribution >= 0.6 is 0 Å². The summed E-state index contributed by atoms with van der Waals surface area (Å²) in [4.78, 5) is 12.0. The van der Waals surface area contributed by atoms with Gasteiger partial charge in [-0.25, -0.2) is 0 Å². The smallest absolute Gasteiger partial charge is 0.237 e. The maximum atomic E-state index is 12.0. The van der Waals surface area contributed by atoms with E-state index >= 15 is 0 Å². The molecule has 3 nitrogen and oxygen atoms in total. The molecule has 0 spiro atoms. The van der Waals surface area contributed by atoms with Gasteiger partial charge in [-0.15, -0.1) is 0 Å². The summed E-state index contributed by atoms with van der Waals surface area (Å²) in [7, 11) is 0. The van der Waals surface area contributed by atoms with Gasteiger partial charge < -0.3 is 10.6 Å². The van der Waals surface area contributed by atoms with Crippen LogP contribution in [0, 0.1) is 17.8 Å². The zero-order valence-corrected chi connectivity index (χ0v) is 10.7. The molecule has 0 aromatic heterocycles. The van der Waals surface area contributed by atoms with E-state index in [1.165, 1.54) is 25.7 Å². The average molecular weight is 236 g/mol. The standard InChI is InChI=1S/C14H24N2O/c1-9(12-8-10-4-5-11(12)7-10)16-14(17)13-3-2-6-15-13/h9-13,15H,2-8H2,1H3,(H,16,17). The Morgan fingerprint density at radius 1 is 1.29 bits per heavy atom. The van der Waals surface area contributed by atoms with Gasteiger partial charge in [-0.3, -0.25) is 4.79 Å². The number of fused-ring (bicyclic) bond motifs is 2. The van der Waals surface area contributed by atoms with Crippen LogP contribution in [0.25, 0.3) is 0 Å². The zero-order valence-electron chi connectivity index (χ0n) is 10.7. The summed E-state index contributed by atoms with van der Waals surface area (Å²) < 4.78 is 0. The van der Waals surface area contributed by atoms with E-state index < -0.39 is 0 Å². The number of amides is 1. The number of rotatable bonds is 3. The second kappa shape index (κ2) is 4.60. The lowest BCUT2D eigenvalue weighted by atomic mass is 9.84. The summed E-state index contributed by atoms with van der Waals surface area (Å²) in [6.07, 6.45) is 7.76. The lowest BCUT2D eigenvalue weighted by Crippen LogP contribution is -2.47. The SMILES string of the molecule is CC(NC(=O)C1CCCN1)C1CC2CCC1C2. The van der Waals surface area contributed by atoms with Crippen LogP contribution in [0.5, 0.6) is 0 Å². The predicted molar refractivity (Wildman–Crippen MR) is 67.6 cm³/mol. The van der Waals surface area contributed by atoms with Crippen molar-refractivity contribution in [1.82, 2.24) is 10.6 Å². The highest BCUT2D eigenvalue weighted by Gasteiger charge is 2.42. The van der Waals surface area contributed by atoms with Crippen molar-refractivity contribution >= 4 is 5.91 Å². The van der Waals surface area contributed by atoms with Crippen molar-refractivity contribution in [1.29, 1.82) is 0 Å². The number of carbonyl (C=O) groups is 1. The van der Waals surface area contributed by atoms with Crippen LogP contribution in [0.15, 0.2) is 0 Å². The largest absolute Gasteiger partial charge is 0.352 e. The van der Waals surface area contributed by atoms with Crippen molar-refractivity contribution in [2.45, 2.75) is 57.5 Å². The molecule has 3 fully saturated rings. The highest BCUT2D eigenvalue weighted by molar-refractivity contribution is 5.82. The molecule has 0 radical (unpaired) electrons. The first kappa shape index (κ1) is 11.5. The van der Waals surface area contributed by atoms with Gasteiger partial charge >= 0.3 is 0 Å². The topological polar surface area (TPSA) is 41.1 Å². The first-order valence-electron chi connectivity index (χ1n) is 7.28. The monoisotopic (exact) mass is 236 g/mol. The van der Waals surface area contributed by atoms with Crippen molar-refractivity contribution in [2.75, 3.05) is 6.54 Å². The lowest BCUT2D eigenvalue weighted by Gasteiger charge is -2.29. The van der Waals surface area contributed by atoms with E-state index in [0.29, 0.717) is 6.04 Å². The Kier molecular flexibility index (Phi) is 3.12. The number of hydrogen-bond donors (Lipinski definition) is 2. The molecule has 1 saturated heterocycles. The van der Waals surface area contributed by atoms with Crippen LogP contribution in [0.3, 0.4) is 0 Å². The van der Waals surface area contributed by atoms with Crippen molar-refractivity contribution in [2.24, 2.45) is 17.8 Å². The maximum absolute atomic E-state index is 12.0. The quantitative estimate of drug-likeness (QED) is 0.783. The van der Waals surface area contributed by atoms with E-state index in [-0.39, 0.29) is 11.9 Å². The van der Waals surface area contributed by atoms with Crippen LogP contribution < -0.4 is 10.6 Å². The van der Waals surface area contributed by atoms with Gasteiger partial charge in [0.2, 0.25) is 5.91 Å². The molecule has 17 heavy (non-hydrogen) atoms. The zero-order chi connectivity index (χ0) is 11.8. The molecule has 2 saturated carbocycles. The minimum absolute atomic E-state index is 0.0797. The molecule has 1 amide bonds. The van der Waals surface area contributed by atoms with E-state index in [0.717, 1.165) is 37.1 Å². The second-order valence-corrected chi connectivity index (χ2v) is 6.28. The summed E-state index contributed by atoms with van der Waals surface area (Å²) in [5.41, 5.74) is 0. The van der Waals surface area contributed by atoms with Gasteiger partial charge in [0.25, 0.3) is 0 Å². The number of hydrogen-bond acceptors (Lipinski definition) is 2. The molecule has 2 aliphatic carbocycles. The summed E-state index contributed by atoms with van der Waals surface area (Å²) in [5, 5.41) is 6.52. The van der Waals surface area contributed by atoms with Crippen molar-refractivity contribution in [3.63, 3.8) is 0 Å². The van der Waals surface area contributed by atoms with Gasteiger partial charge in [0.15, 0.2) is 0 Å². The van der Waals surface area contributed by atoms with Gasteiger partial charge in [-0.2, -0.15) is 0 Å². The first-order valence-corrected chi connectivity index (χ1v) is 7.28. The van der Waals surface area contributed by atoms with Gasteiger partial charge in [0.05, 0.1) is 6.04 Å². The van der Waals surface area contributed by atoms with Gasteiger partial charge in [-0.1, -0.05) is 6.42 Å².